The van der Waals surface area contributed by atoms with Crippen molar-refractivity contribution < 1.29 is 9.90 Å². The fourth-order valence-corrected chi connectivity index (χ4v) is 0.739. The van der Waals surface area contributed by atoms with Crippen LogP contribution in [0.3, 0.4) is 0 Å². The molecule has 0 aliphatic heterocycles. The monoisotopic (exact) mass is 161 g/mol. The molecule has 0 bridgehead atoms. The minimum Gasteiger partial charge on any atom is -0.395 e. The molecule has 0 aliphatic carbocycles. The lowest BCUT2D eigenvalue weighted by molar-refractivity contribution is -0.122. The number of amides is 1. The molecular formula is C6H15N3O2. The van der Waals surface area contributed by atoms with Crippen LogP contribution in [0.1, 0.15) is 6.92 Å². The van der Waals surface area contributed by atoms with Crippen molar-refractivity contribution in [3.63, 3.8) is 0 Å². The van der Waals surface area contributed by atoms with E-state index in [9.17, 15) is 4.79 Å². The summed E-state index contributed by atoms with van der Waals surface area (Å²) >= 11 is 0. The van der Waals surface area contributed by atoms with Crippen LogP contribution in [-0.2, 0) is 4.79 Å². The van der Waals surface area contributed by atoms with Crippen molar-refractivity contribution >= 4 is 5.91 Å². The number of hydrazine groups is 1. The van der Waals surface area contributed by atoms with Gasteiger partial charge in [-0.1, -0.05) is 6.92 Å². The van der Waals surface area contributed by atoms with Crippen molar-refractivity contribution in [1.29, 1.82) is 0 Å². The summed E-state index contributed by atoms with van der Waals surface area (Å²) in [5, 5.41) is 8.55. The Balaban J connectivity index is 3.58. The average molecular weight is 161 g/mol. The first-order valence-corrected chi connectivity index (χ1v) is 3.57. The highest BCUT2D eigenvalue weighted by molar-refractivity contribution is 5.77. The Morgan fingerprint density at radius 3 is 2.73 bits per heavy atom. The molecule has 5 heteroatoms. The van der Waals surface area contributed by atoms with E-state index in [4.69, 9.17) is 10.9 Å². The van der Waals surface area contributed by atoms with Crippen LogP contribution in [0.25, 0.3) is 0 Å². The number of nitrogens with zero attached hydrogens (tertiary/aromatic N) is 1. The summed E-state index contributed by atoms with van der Waals surface area (Å²) in [6.45, 7) is 3.45. The molecule has 0 unspecified atom stereocenters. The van der Waals surface area contributed by atoms with E-state index in [2.05, 4.69) is 0 Å². The van der Waals surface area contributed by atoms with Gasteiger partial charge in [-0.05, 0) is 6.54 Å². The van der Waals surface area contributed by atoms with E-state index in [0.717, 1.165) is 6.54 Å². The van der Waals surface area contributed by atoms with E-state index in [1.165, 1.54) is 0 Å². The second kappa shape index (κ2) is 6.09. The van der Waals surface area contributed by atoms with Crippen molar-refractivity contribution in [3.05, 3.63) is 0 Å². The highest BCUT2D eigenvalue weighted by atomic mass is 16.3. The number of hydrogen-bond donors (Lipinski definition) is 3. The number of carbonyl (C=O) groups is 1. The molecule has 5 nitrogen and oxygen atoms in total. The minimum atomic E-state index is -0.236. The van der Waals surface area contributed by atoms with Gasteiger partial charge in [-0.2, -0.15) is 0 Å². The van der Waals surface area contributed by atoms with Crippen molar-refractivity contribution in [2.75, 3.05) is 26.2 Å². The van der Waals surface area contributed by atoms with E-state index >= 15 is 0 Å². The second-order valence-electron chi connectivity index (χ2n) is 2.16. The van der Waals surface area contributed by atoms with E-state index in [-0.39, 0.29) is 19.1 Å². The summed E-state index contributed by atoms with van der Waals surface area (Å²) in [4.78, 5) is 12.5. The number of rotatable bonds is 5. The average Bonchev–Trinajstić information content (AvgIpc) is 2.03. The SMILES string of the molecule is CCN(CCO)CC(=O)NN. The number of hydrogen-bond acceptors (Lipinski definition) is 4. The molecule has 0 fully saturated rings. The zero-order chi connectivity index (χ0) is 8.69. The number of aliphatic hydroxyl groups excluding tert-OH is 1. The fraction of sp³-hybridized carbons (Fsp3) is 0.833. The Kier molecular flexibility index (Phi) is 5.73. The van der Waals surface area contributed by atoms with Crippen LogP contribution >= 0.6 is 0 Å². The predicted octanol–water partition coefficient (Wildman–Crippen LogP) is -1.71. The Labute approximate surface area is 66.1 Å². The standard InChI is InChI=1S/C6H15N3O2/c1-2-9(3-4-10)5-6(11)8-7/h10H,2-5,7H2,1H3,(H,8,11). The number of nitrogens with one attached hydrogen (secondary N) is 1. The maximum Gasteiger partial charge on any atom is 0.248 e. The number of aliphatic hydroxyl groups is 1. The first-order valence-electron chi connectivity index (χ1n) is 3.57. The van der Waals surface area contributed by atoms with Crippen LogP contribution in [-0.4, -0.2) is 42.2 Å². The Morgan fingerprint density at radius 2 is 2.36 bits per heavy atom. The fourth-order valence-electron chi connectivity index (χ4n) is 0.739. The smallest absolute Gasteiger partial charge is 0.248 e. The summed E-state index contributed by atoms with van der Waals surface area (Å²) < 4.78 is 0. The van der Waals surface area contributed by atoms with Crippen LogP contribution < -0.4 is 11.3 Å². The van der Waals surface area contributed by atoms with Crippen LogP contribution in [0.15, 0.2) is 0 Å². The molecule has 0 rings (SSSR count). The number of carbonyl (C=O) groups excluding carboxylic acids is 1. The zero-order valence-electron chi connectivity index (χ0n) is 6.71. The highest BCUT2D eigenvalue weighted by Gasteiger charge is 2.05. The zero-order valence-corrected chi connectivity index (χ0v) is 6.71. The Hall–Kier alpha value is -0.650. The van der Waals surface area contributed by atoms with Gasteiger partial charge in [0.05, 0.1) is 13.2 Å². The van der Waals surface area contributed by atoms with Gasteiger partial charge in [0.2, 0.25) is 5.91 Å². The third-order valence-electron chi connectivity index (χ3n) is 1.39. The molecule has 0 atom stereocenters. The lowest BCUT2D eigenvalue weighted by atomic mass is 10.4. The molecular weight excluding hydrogens is 146 g/mol. The topological polar surface area (TPSA) is 78.6 Å². The summed E-state index contributed by atoms with van der Waals surface area (Å²) in [6, 6.07) is 0. The van der Waals surface area contributed by atoms with E-state index in [1.807, 2.05) is 12.3 Å². The number of likely N-dealkylation sites (N-methyl/N-ethyl adjacent to an activating group) is 1. The molecule has 11 heavy (non-hydrogen) atoms. The van der Waals surface area contributed by atoms with Crippen LogP contribution in [0.5, 0.6) is 0 Å². The quantitative estimate of drug-likeness (QED) is 0.255. The molecule has 0 aromatic rings. The molecule has 0 saturated carbocycles. The second-order valence-corrected chi connectivity index (χ2v) is 2.16. The van der Waals surface area contributed by atoms with Gasteiger partial charge in [-0.25, -0.2) is 5.84 Å². The Morgan fingerprint density at radius 1 is 1.73 bits per heavy atom. The maximum atomic E-state index is 10.7. The molecule has 0 aliphatic rings. The molecule has 0 aromatic heterocycles. The van der Waals surface area contributed by atoms with Crippen molar-refractivity contribution in [3.8, 4) is 0 Å². The Bertz CT molecular complexity index is 118. The number of nitrogens with two attached hydrogens (primary N) is 1. The van der Waals surface area contributed by atoms with Crippen LogP contribution in [0.2, 0.25) is 0 Å². The van der Waals surface area contributed by atoms with E-state index < -0.39 is 0 Å². The molecule has 66 valence electrons. The van der Waals surface area contributed by atoms with Crippen molar-refractivity contribution in [2.45, 2.75) is 6.92 Å². The normalized spacial score (nSPS) is 10.2. The van der Waals surface area contributed by atoms with Crippen LogP contribution in [0.4, 0.5) is 0 Å². The highest BCUT2D eigenvalue weighted by Crippen LogP contribution is 1.84. The van der Waals surface area contributed by atoms with Gasteiger partial charge < -0.3 is 5.11 Å². The van der Waals surface area contributed by atoms with Gasteiger partial charge in [0.15, 0.2) is 0 Å². The van der Waals surface area contributed by atoms with Gasteiger partial charge in [0, 0.05) is 6.54 Å². The molecule has 0 aromatic carbocycles. The summed E-state index contributed by atoms with van der Waals surface area (Å²) in [7, 11) is 0. The molecule has 4 N–H and O–H groups in total. The summed E-state index contributed by atoms with van der Waals surface area (Å²) in [6.07, 6.45) is 0. The third-order valence-corrected chi connectivity index (χ3v) is 1.39. The van der Waals surface area contributed by atoms with Crippen molar-refractivity contribution in [1.82, 2.24) is 10.3 Å². The van der Waals surface area contributed by atoms with Crippen LogP contribution in [0, 0.1) is 0 Å². The molecule has 0 heterocycles. The van der Waals surface area contributed by atoms with Gasteiger partial charge in [-0.3, -0.25) is 15.1 Å². The van der Waals surface area contributed by atoms with Gasteiger partial charge in [-0.15, -0.1) is 0 Å². The first kappa shape index (κ1) is 10.3. The largest absolute Gasteiger partial charge is 0.395 e. The third kappa shape index (κ3) is 4.72. The first-order chi connectivity index (χ1) is 5.24. The summed E-state index contributed by atoms with van der Waals surface area (Å²) in [5.74, 6) is 4.65. The van der Waals surface area contributed by atoms with E-state index in [1.54, 1.807) is 4.90 Å². The lowest BCUT2D eigenvalue weighted by Gasteiger charge is -2.17. The lowest BCUT2D eigenvalue weighted by Crippen LogP contribution is -2.41. The molecule has 0 radical (unpaired) electrons. The predicted molar refractivity (Wildman–Crippen MR) is 41.5 cm³/mol. The van der Waals surface area contributed by atoms with Gasteiger partial charge >= 0.3 is 0 Å². The minimum absolute atomic E-state index is 0.0612. The van der Waals surface area contributed by atoms with Crippen molar-refractivity contribution in [2.24, 2.45) is 5.84 Å². The maximum absolute atomic E-state index is 10.7. The molecule has 0 spiro atoms. The molecule has 1 amide bonds. The van der Waals surface area contributed by atoms with Gasteiger partial charge in [0.1, 0.15) is 0 Å². The van der Waals surface area contributed by atoms with Gasteiger partial charge in [0.25, 0.3) is 0 Å². The van der Waals surface area contributed by atoms with E-state index in [0.29, 0.717) is 6.54 Å². The summed E-state index contributed by atoms with van der Waals surface area (Å²) in [5.41, 5.74) is 2.03. The molecule has 0 saturated heterocycles.